The molecule has 1 aromatic carbocycles. The summed E-state index contributed by atoms with van der Waals surface area (Å²) in [7, 11) is 0. The van der Waals surface area contributed by atoms with Crippen molar-refractivity contribution in [3.8, 4) is 0 Å². The third kappa shape index (κ3) is 4.84. The van der Waals surface area contributed by atoms with Crippen molar-refractivity contribution < 1.29 is 24.0 Å². The van der Waals surface area contributed by atoms with Gasteiger partial charge in [-0.05, 0) is 36.0 Å². The number of imide groups is 1. The minimum absolute atomic E-state index is 0.0970. The van der Waals surface area contributed by atoms with Crippen LogP contribution in [0.5, 0.6) is 0 Å². The molecule has 10 nitrogen and oxygen atoms in total. The van der Waals surface area contributed by atoms with Crippen molar-refractivity contribution in [2.24, 2.45) is 11.8 Å². The van der Waals surface area contributed by atoms with E-state index in [1.165, 1.54) is 16.8 Å². The van der Waals surface area contributed by atoms with Crippen LogP contribution in [-0.4, -0.2) is 95.9 Å². The molecule has 2 unspecified atom stereocenters. The molecular formula is C25H33N5O5. The van der Waals surface area contributed by atoms with Crippen LogP contribution < -0.4 is 4.90 Å². The average molecular weight is 484 g/mol. The summed E-state index contributed by atoms with van der Waals surface area (Å²) in [5.41, 5.74) is 3.75. The number of anilines is 1. The molecule has 0 radical (unpaired) electrons. The van der Waals surface area contributed by atoms with Crippen LogP contribution in [0.1, 0.15) is 30.9 Å². The van der Waals surface area contributed by atoms with Gasteiger partial charge in [0.15, 0.2) is 0 Å². The van der Waals surface area contributed by atoms with E-state index in [0.717, 1.165) is 45.8 Å². The predicted octanol–water partition coefficient (Wildman–Crippen LogP) is 1.23. The number of amides is 4. The molecule has 1 aromatic rings. The Kier molecular flexibility index (Phi) is 6.39. The molecule has 0 bridgehead atoms. The van der Waals surface area contributed by atoms with Crippen molar-refractivity contribution in [1.29, 1.82) is 0 Å². The number of aryl methyl sites for hydroxylation is 1. The van der Waals surface area contributed by atoms with Crippen molar-refractivity contribution in [3.63, 3.8) is 0 Å². The minimum atomic E-state index is -0.611. The van der Waals surface area contributed by atoms with Crippen molar-refractivity contribution in [2.75, 3.05) is 57.3 Å². The summed E-state index contributed by atoms with van der Waals surface area (Å²) in [4.78, 5) is 61.2. The van der Waals surface area contributed by atoms with E-state index in [4.69, 9.17) is 4.84 Å². The van der Waals surface area contributed by atoms with Gasteiger partial charge in [0.05, 0.1) is 0 Å². The maximum atomic E-state index is 12.5. The number of hydroxylamine groups is 2. The number of fused-ring (bicyclic) bond motifs is 1. The lowest BCUT2D eigenvalue weighted by Crippen LogP contribution is -2.48. The first-order valence-electron chi connectivity index (χ1n) is 12.4. The maximum Gasteiger partial charge on any atom is 0.434 e. The van der Waals surface area contributed by atoms with E-state index < -0.39 is 17.9 Å². The zero-order valence-electron chi connectivity index (χ0n) is 20.4. The summed E-state index contributed by atoms with van der Waals surface area (Å²) in [6.07, 6.45) is -0.417. The predicted molar refractivity (Wildman–Crippen MR) is 127 cm³/mol. The highest BCUT2D eigenvalue weighted by Gasteiger charge is 2.43. The lowest BCUT2D eigenvalue weighted by molar-refractivity contribution is -0.173. The van der Waals surface area contributed by atoms with Crippen LogP contribution in [-0.2, 0) is 25.8 Å². The fourth-order valence-electron chi connectivity index (χ4n) is 5.77. The molecule has 2 atom stereocenters. The fraction of sp³-hybridized carbons (Fsp3) is 0.600. The number of piperazine rings is 1. The largest absolute Gasteiger partial charge is 0.434 e. The Morgan fingerprint density at radius 2 is 1.54 bits per heavy atom. The Hall–Kier alpha value is -3.14. The number of hydrogen-bond acceptors (Lipinski definition) is 7. The van der Waals surface area contributed by atoms with Gasteiger partial charge in [-0.3, -0.25) is 19.3 Å². The summed E-state index contributed by atoms with van der Waals surface area (Å²) < 4.78 is 0. The SMILES string of the molecule is CC(=O)N1CCN(c2cc(C)ccc2CN2CC3CN(C(=O)ON4C(=O)CCC4=O)CC3C2)CC1. The van der Waals surface area contributed by atoms with E-state index in [9.17, 15) is 19.2 Å². The summed E-state index contributed by atoms with van der Waals surface area (Å²) in [5.74, 6) is -0.0774. The van der Waals surface area contributed by atoms with E-state index in [-0.39, 0.29) is 18.7 Å². The van der Waals surface area contributed by atoms with Gasteiger partial charge in [0, 0.05) is 84.4 Å². The van der Waals surface area contributed by atoms with E-state index in [1.54, 1.807) is 11.8 Å². The molecule has 0 aromatic heterocycles. The third-order valence-corrected chi connectivity index (χ3v) is 7.70. The normalized spacial score (nSPS) is 25.0. The van der Waals surface area contributed by atoms with E-state index >= 15 is 0 Å². The molecule has 0 saturated carbocycles. The molecule has 35 heavy (non-hydrogen) atoms. The third-order valence-electron chi connectivity index (χ3n) is 7.70. The fourth-order valence-corrected chi connectivity index (χ4v) is 5.77. The summed E-state index contributed by atoms with van der Waals surface area (Å²) in [6.45, 7) is 10.7. The Labute approximate surface area is 205 Å². The van der Waals surface area contributed by atoms with Crippen LogP contribution in [0, 0.1) is 18.8 Å². The Balaban J connectivity index is 1.17. The second-order valence-electron chi connectivity index (χ2n) is 10.2. The van der Waals surface area contributed by atoms with Crippen LogP contribution in [0.2, 0.25) is 0 Å². The first kappa shape index (κ1) is 23.6. The second kappa shape index (κ2) is 9.49. The molecule has 4 aliphatic heterocycles. The van der Waals surface area contributed by atoms with Crippen LogP contribution in [0.25, 0.3) is 0 Å². The highest BCUT2D eigenvalue weighted by Crippen LogP contribution is 2.34. The van der Waals surface area contributed by atoms with Gasteiger partial charge in [0.2, 0.25) is 5.91 Å². The number of rotatable bonds is 4. The molecule has 4 heterocycles. The zero-order valence-corrected chi connectivity index (χ0v) is 20.4. The minimum Gasteiger partial charge on any atom is -0.368 e. The van der Waals surface area contributed by atoms with Gasteiger partial charge in [-0.1, -0.05) is 12.1 Å². The van der Waals surface area contributed by atoms with Gasteiger partial charge in [-0.15, -0.1) is 5.06 Å². The average Bonchev–Trinajstić information content (AvgIpc) is 3.49. The van der Waals surface area contributed by atoms with Gasteiger partial charge in [-0.25, -0.2) is 4.79 Å². The first-order valence-corrected chi connectivity index (χ1v) is 12.4. The number of nitrogens with zero attached hydrogens (tertiary/aromatic N) is 5. The van der Waals surface area contributed by atoms with Crippen LogP contribution >= 0.6 is 0 Å². The van der Waals surface area contributed by atoms with Gasteiger partial charge < -0.3 is 19.5 Å². The quantitative estimate of drug-likeness (QED) is 0.595. The Morgan fingerprint density at radius 3 is 2.14 bits per heavy atom. The Morgan fingerprint density at radius 1 is 0.914 bits per heavy atom. The van der Waals surface area contributed by atoms with Crippen LogP contribution in [0.15, 0.2) is 18.2 Å². The van der Waals surface area contributed by atoms with Crippen LogP contribution in [0.4, 0.5) is 10.5 Å². The van der Waals surface area contributed by atoms with E-state index in [2.05, 4.69) is 34.9 Å². The topological polar surface area (TPSA) is 93.7 Å². The monoisotopic (exact) mass is 483 g/mol. The highest BCUT2D eigenvalue weighted by atomic mass is 16.7. The standard InChI is InChI=1S/C25H33N5O5/c1-17-3-4-19(22(11-17)28-9-7-27(8-10-28)18(2)31)12-26-13-20-15-29(16-21(20)14-26)25(34)35-30-23(32)5-6-24(30)33/h3-4,11,20-21H,5-10,12-16H2,1-2H3. The number of likely N-dealkylation sites (tertiary alicyclic amines) is 2. The molecule has 4 saturated heterocycles. The van der Waals surface area contributed by atoms with Gasteiger partial charge in [0.1, 0.15) is 0 Å². The second-order valence-corrected chi connectivity index (χ2v) is 10.2. The lowest BCUT2D eigenvalue weighted by atomic mass is 10.0. The molecule has 4 amide bonds. The summed E-state index contributed by atoms with van der Waals surface area (Å²) in [5, 5.41) is 0.623. The molecule has 0 spiro atoms. The molecule has 188 valence electrons. The van der Waals surface area contributed by atoms with Gasteiger partial charge in [-0.2, -0.15) is 0 Å². The molecular weight excluding hydrogens is 450 g/mol. The molecule has 0 N–H and O–H groups in total. The Bertz CT molecular complexity index is 1010. The number of hydrogen-bond donors (Lipinski definition) is 0. The molecule has 4 fully saturated rings. The van der Waals surface area contributed by atoms with Gasteiger partial charge >= 0.3 is 6.09 Å². The van der Waals surface area contributed by atoms with Crippen LogP contribution in [0.3, 0.4) is 0 Å². The van der Waals surface area contributed by atoms with E-state index in [1.807, 2.05) is 4.90 Å². The first-order chi connectivity index (χ1) is 16.8. The van der Waals surface area contributed by atoms with Crippen molar-refractivity contribution in [2.45, 2.75) is 33.2 Å². The lowest BCUT2D eigenvalue weighted by Gasteiger charge is -2.37. The summed E-state index contributed by atoms with van der Waals surface area (Å²) >= 11 is 0. The molecule has 4 aliphatic rings. The smallest absolute Gasteiger partial charge is 0.368 e. The molecule has 10 heteroatoms. The van der Waals surface area contributed by atoms with Crippen molar-refractivity contribution >= 4 is 29.5 Å². The number of benzene rings is 1. The zero-order chi connectivity index (χ0) is 24.7. The van der Waals surface area contributed by atoms with Gasteiger partial charge in [0.25, 0.3) is 11.8 Å². The van der Waals surface area contributed by atoms with Crippen molar-refractivity contribution in [3.05, 3.63) is 29.3 Å². The maximum absolute atomic E-state index is 12.5. The highest BCUT2D eigenvalue weighted by molar-refractivity contribution is 6.01. The molecule has 0 aliphatic carbocycles. The number of carbonyl (C=O) groups excluding carboxylic acids is 4. The summed E-state index contributed by atoms with van der Waals surface area (Å²) in [6, 6.07) is 6.61. The van der Waals surface area contributed by atoms with Crippen molar-refractivity contribution in [1.82, 2.24) is 19.8 Å². The number of carbonyl (C=O) groups is 4. The molecule has 5 rings (SSSR count). The van der Waals surface area contributed by atoms with E-state index in [0.29, 0.717) is 30.0 Å².